The molecule has 0 radical (unpaired) electrons. The SMILES string of the molecule is O=C(C[NH+]1CC[NH+](CC(=O)N2CCc3ccccc3C2)CC1)Nc1cccc(F)c1. The highest BCUT2D eigenvalue weighted by molar-refractivity contribution is 5.91. The Labute approximate surface area is 176 Å². The summed E-state index contributed by atoms with van der Waals surface area (Å²) in [6, 6.07) is 14.3. The molecule has 1 fully saturated rings. The number of anilines is 1. The normalized spacial score (nSPS) is 21.0. The largest absolute Gasteiger partial charge is 0.333 e. The number of piperazine rings is 1. The van der Waals surface area contributed by atoms with Crippen LogP contribution in [0.1, 0.15) is 11.1 Å². The van der Waals surface area contributed by atoms with E-state index in [2.05, 4.69) is 23.5 Å². The number of amides is 2. The summed E-state index contributed by atoms with van der Waals surface area (Å²) < 4.78 is 13.2. The van der Waals surface area contributed by atoms with Crippen LogP contribution in [-0.4, -0.2) is 62.5 Å². The van der Waals surface area contributed by atoms with Gasteiger partial charge in [0.1, 0.15) is 32.0 Å². The molecule has 6 nitrogen and oxygen atoms in total. The second kappa shape index (κ2) is 9.36. The third kappa shape index (κ3) is 5.23. The van der Waals surface area contributed by atoms with Gasteiger partial charge in [0.15, 0.2) is 13.1 Å². The van der Waals surface area contributed by atoms with Crippen molar-refractivity contribution in [2.45, 2.75) is 13.0 Å². The maximum absolute atomic E-state index is 13.2. The second-order valence-corrected chi connectivity index (χ2v) is 8.25. The first kappa shape index (κ1) is 20.5. The molecule has 2 aromatic carbocycles. The molecule has 3 N–H and O–H groups in total. The molecule has 2 aromatic rings. The van der Waals surface area contributed by atoms with Gasteiger partial charge >= 0.3 is 0 Å². The Balaban J connectivity index is 1.20. The zero-order chi connectivity index (χ0) is 20.9. The van der Waals surface area contributed by atoms with Gasteiger partial charge in [-0.1, -0.05) is 30.3 Å². The lowest BCUT2D eigenvalue weighted by molar-refractivity contribution is -1.00. The number of carbonyl (C=O) groups excluding carboxylic acids is 2. The quantitative estimate of drug-likeness (QED) is 0.598. The smallest absolute Gasteiger partial charge is 0.279 e. The first-order valence-electron chi connectivity index (χ1n) is 10.6. The van der Waals surface area contributed by atoms with Crippen molar-refractivity contribution in [3.05, 3.63) is 65.5 Å². The van der Waals surface area contributed by atoms with E-state index in [1.165, 1.54) is 33.1 Å². The van der Waals surface area contributed by atoms with Gasteiger partial charge in [0.05, 0.1) is 0 Å². The Morgan fingerprint density at radius 2 is 1.63 bits per heavy atom. The summed E-state index contributed by atoms with van der Waals surface area (Å²) in [5.41, 5.74) is 3.09. The number of hydrogen-bond acceptors (Lipinski definition) is 2. The molecule has 7 heteroatoms. The van der Waals surface area contributed by atoms with Crippen LogP contribution >= 0.6 is 0 Å². The number of benzene rings is 2. The van der Waals surface area contributed by atoms with Crippen LogP contribution in [0.3, 0.4) is 0 Å². The van der Waals surface area contributed by atoms with Gasteiger partial charge in [0, 0.05) is 18.8 Å². The lowest BCUT2D eigenvalue weighted by Crippen LogP contribution is -3.28. The van der Waals surface area contributed by atoms with Gasteiger partial charge in [-0.3, -0.25) is 9.59 Å². The summed E-state index contributed by atoms with van der Waals surface area (Å²) in [6.45, 7) is 5.83. The predicted molar refractivity (Wildman–Crippen MR) is 112 cm³/mol. The molecule has 0 atom stereocenters. The monoisotopic (exact) mass is 412 g/mol. The lowest BCUT2D eigenvalue weighted by atomic mass is 10.00. The number of nitrogens with zero attached hydrogens (tertiary/aromatic N) is 1. The lowest BCUT2D eigenvalue weighted by Gasteiger charge is -2.32. The fraction of sp³-hybridized carbons (Fsp3) is 0.391. The van der Waals surface area contributed by atoms with E-state index in [9.17, 15) is 14.0 Å². The summed E-state index contributed by atoms with van der Waals surface area (Å²) in [5, 5.41) is 2.76. The predicted octanol–water partition coefficient (Wildman–Crippen LogP) is -0.867. The topological polar surface area (TPSA) is 58.3 Å². The molecule has 1 saturated heterocycles. The van der Waals surface area contributed by atoms with Crippen LogP contribution in [-0.2, 0) is 22.6 Å². The molecule has 4 rings (SSSR count). The third-order valence-electron chi connectivity index (χ3n) is 6.07. The van der Waals surface area contributed by atoms with Crippen molar-refractivity contribution in [2.75, 3.05) is 51.1 Å². The van der Waals surface area contributed by atoms with Gasteiger partial charge in [0.25, 0.3) is 11.8 Å². The van der Waals surface area contributed by atoms with Gasteiger partial charge < -0.3 is 20.0 Å². The molecule has 30 heavy (non-hydrogen) atoms. The first-order valence-corrected chi connectivity index (χ1v) is 10.6. The van der Waals surface area contributed by atoms with Crippen LogP contribution in [0.4, 0.5) is 10.1 Å². The van der Waals surface area contributed by atoms with Crippen molar-refractivity contribution in [3.63, 3.8) is 0 Å². The maximum Gasteiger partial charge on any atom is 0.279 e. The Hall–Kier alpha value is -2.77. The standard InChI is InChI=1S/C23H27FN4O2/c24-20-6-3-7-21(14-20)25-22(29)16-26-10-12-27(13-11-26)17-23(30)28-9-8-18-4-1-2-5-19(18)15-28/h1-7,14H,8-13,15-17H2,(H,25,29)/p+2. The molecule has 2 aliphatic heterocycles. The van der Waals surface area contributed by atoms with E-state index >= 15 is 0 Å². The molecule has 0 aliphatic carbocycles. The van der Waals surface area contributed by atoms with Gasteiger partial charge in [-0.15, -0.1) is 0 Å². The van der Waals surface area contributed by atoms with Crippen LogP contribution in [0.15, 0.2) is 48.5 Å². The summed E-state index contributed by atoms with van der Waals surface area (Å²) >= 11 is 0. The summed E-state index contributed by atoms with van der Waals surface area (Å²) in [5.74, 6) is -0.256. The minimum absolute atomic E-state index is 0.109. The number of halogens is 1. The Morgan fingerprint density at radius 1 is 0.933 bits per heavy atom. The van der Waals surface area contributed by atoms with Crippen LogP contribution in [0.2, 0.25) is 0 Å². The number of hydrogen-bond donors (Lipinski definition) is 3. The van der Waals surface area contributed by atoms with E-state index in [1.54, 1.807) is 12.1 Å². The van der Waals surface area contributed by atoms with E-state index in [0.29, 0.717) is 25.3 Å². The average Bonchev–Trinajstić information content (AvgIpc) is 2.74. The summed E-state index contributed by atoms with van der Waals surface area (Å²) in [4.78, 5) is 29.5. The molecular weight excluding hydrogens is 383 g/mol. The Morgan fingerprint density at radius 3 is 2.37 bits per heavy atom. The number of fused-ring (bicyclic) bond motifs is 1. The molecule has 2 amide bonds. The van der Waals surface area contributed by atoms with Gasteiger partial charge in [-0.2, -0.15) is 0 Å². The van der Waals surface area contributed by atoms with Crippen molar-refractivity contribution in [1.29, 1.82) is 0 Å². The summed E-state index contributed by atoms with van der Waals surface area (Å²) in [6.07, 6.45) is 0.926. The van der Waals surface area contributed by atoms with Crippen molar-refractivity contribution >= 4 is 17.5 Å². The molecule has 2 heterocycles. The maximum atomic E-state index is 13.2. The second-order valence-electron chi connectivity index (χ2n) is 8.25. The molecule has 0 saturated carbocycles. The van der Waals surface area contributed by atoms with E-state index in [-0.39, 0.29) is 17.6 Å². The van der Waals surface area contributed by atoms with E-state index in [0.717, 1.165) is 39.1 Å². The average molecular weight is 413 g/mol. The van der Waals surface area contributed by atoms with E-state index in [1.807, 2.05) is 11.0 Å². The van der Waals surface area contributed by atoms with Crippen molar-refractivity contribution in [1.82, 2.24) is 4.90 Å². The van der Waals surface area contributed by atoms with Gasteiger partial charge in [-0.25, -0.2) is 4.39 Å². The van der Waals surface area contributed by atoms with Gasteiger partial charge in [-0.05, 0) is 35.7 Å². The van der Waals surface area contributed by atoms with E-state index in [4.69, 9.17) is 0 Å². The van der Waals surface area contributed by atoms with E-state index < -0.39 is 0 Å². The zero-order valence-electron chi connectivity index (χ0n) is 17.1. The molecular formula is C23H29FN4O2+2. The highest BCUT2D eigenvalue weighted by atomic mass is 19.1. The molecule has 0 aromatic heterocycles. The minimum atomic E-state index is -0.362. The number of quaternary nitrogens is 2. The fourth-order valence-electron chi connectivity index (χ4n) is 4.34. The van der Waals surface area contributed by atoms with Crippen molar-refractivity contribution < 1.29 is 23.8 Å². The number of nitrogens with one attached hydrogen (secondary N) is 3. The zero-order valence-corrected chi connectivity index (χ0v) is 17.1. The van der Waals surface area contributed by atoms with Crippen LogP contribution in [0, 0.1) is 5.82 Å². The van der Waals surface area contributed by atoms with Crippen molar-refractivity contribution in [2.24, 2.45) is 0 Å². The van der Waals surface area contributed by atoms with Crippen molar-refractivity contribution in [3.8, 4) is 0 Å². The Bertz CT molecular complexity index is 912. The highest BCUT2D eigenvalue weighted by Gasteiger charge is 2.29. The molecule has 0 spiro atoms. The minimum Gasteiger partial charge on any atom is -0.333 e. The molecule has 0 bridgehead atoms. The Kier molecular flexibility index (Phi) is 6.40. The first-order chi connectivity index (χ1) is 14.6. The molecule has 2 aliphatic rings. The summed E-state index contributed by atoms with van der Waals surface area (Å²) in [7, 11) is 0. The molecule has 0 unspecified atom stereocenters. The number of rotatable bonds is 5. The fourth-order valence-corrected chi connectivity index (χ4v) is 4.34. The van der Waals surface area contributed by atoms with Gasteiger partial charge in [0.2, 0.25) is 0 Å². The van der Waals surface area contributed by atoms with Crippen LogP contribution < -0.4 is 15.1 Å². The number of carbonyl (C=O) groups is 2. The third-order valence-corrected chi connectivity index (χ3v) is 6.07. The molecule has 158 valence electrons. The highest BCUT2D eigenvalue weighted by Crippen LogP contribution is 2.18. The van der Waals surface area contributed by atoms with Crippen LogP contribution in [0.25, 0.3) is 0 Å². The van der Waals surface area contributed by atoms with Crippen LogP contribution in [0.5, 0.6) is 0 Å².